The molecule has 0 unspecified atom stereocenters. The van der Waals surface area contributed by atoms with E-state index in [4.69, 9.17) is 9.47 Å². The van der Waals surface area contributed by atoms with Crippen LogP contribution in [0.2, 0.25) is 0 Å². The highest BCUT2D eigenvalue weighted by Gasteiger charge is 2.55. The van der Waals surface area contributed by atoms with E-state index in [0.717, 1.165) is 38.5 Å². The van der Waals surface area contributed by atoms with Crippen LogP contribution in [0.1, 0.15) is 59.3 Å². The van der Waals surface area contributed by atoms with Gasteiger partial charge in [-0.2, -0.15) is 0 Å². The normalized spacial score (nSPS) is 43.2. The van der Waals surface area contributed by atoms with Crippen molar-refractivity contribution < 1.29 is 14.3 Å². The fraction of sp³-hybridized carbons (Fsp3) is 0.650. The van der Waals surface area contributed by atoms with Gasteiger partial charge in [-0.3, -0.25) is 0 Å². The third kappa shape index (κ3) is 3.60. The molecule has 126 valence electrons. The number of epoxide rings is 1. The van der Waals surface area contributed by atoms with E-state index in [1.54, 1.807) is 0 Å². The van der Waals surface area contributed by atoms with Gasteiger partial charge in [-0.05, 0) is 52.9 Å². The van der Waals surface area contributed by atoms with Crippen molar-refractivity contribution in [3.8, 4) is 0 Å². The van der Waals surface area contributed by atoms with Crippen molar-refractivity contribution in [1.29, 1.82) is 0 Å². The minimum Gasteiger partial charge on any atom is -0.458 e. The van der Waals surface area contributed by atoms with Crippen LogP contribution in [-0.4, -0.2) is 23.8 Å². The number of carbonyl (C=O) groups is 1. The van der Waals surface area contributed by atoms with Crippen LogP contribution >= 0.6 is 0 Å². The zero-order chi connectivity index (χ0) is 16.6. The van der Waals surface area contributed by atoms with Crippen LogP contribution in [0.3, 0.4) is 0 Å². The second-order valence-corrected chi connectivity index (χ2v) is 7.61. The van der Waals surface area contributed by atoms with Crippen LogP contribution in [0, 0.1) is 5.92 Å². The number of hydrogen-bond acceptors (Lipinski definition) is 3. The predicted molar refractivity (Wildman–Crippen MR) is 91.0 cm³/mol. The van der Waals surface area contributed by atoms with Crippen LogP contribution < -0.4 is 0 Å². The Balaban J connectivity index is 1.79. The molecule has 0 aromatic heterocycles. The molecule has 1 aliphatic carbocycles. The topological polar surface area (TPSA) is 38.8 Å². The van der Waals surface area contributed by atoms with E-state index in [-0.39, 0.29) is 23.6 Å². The zero-order valence-corrected chi connectivity index (χ0v) is 14.6. The number of hydrogen-bond donors (Lipinski definition) is 0. The van der Waals surface area contributed by atoms with Crippen LogP contribution in [-0.2, 0) is 14.3 Å². The van der Waals surface area contributed by atoms with E-state index < -0.39 is 0 Å². The second kappa shape index (κ2) is 6.27. The number of rotatable bonds is 0. The Kier molecular flexibility index (Phi) is 4.50. The van der Waals surface area contributed by atoms with Gasteiger partial charge in [-0.15, -0.1) is 0 Å². The molecule has 0 spiro atoms. The molecule has 0 bridgehead atoms. The highest BCUT2D eigenvalue weighted by molar-refractivity contribution is 5.90. The molecule has 0 saturated carbocycles. The molecule has 0 aromatic rings. The maximum Gasteiger partial charge on any atom is 0.334 e. The smallest absolute Gasteiger partial charge is 0.334 e. The standard InChI is InChI=1S/C20H28O3/c1-13-6-5-7-14(2)9-11-18-20(4,23-18)12-17-16(10-8-13)15(3)19(21)22-17/h7-8,16-18H,3,5-6,9-12H2,1-2,4H3/b13-8+,14-7+/t16-,17+,18+,20+/m1/s1. The number of fused-ring (bicyclic) bond motifs is 2. The molecule has 23 heavy (non-hydrogen) atoms. The lowest BCUT2D eigenvalue weighted by Crippen LogP contribution is -2.25. The first kappa shape index (κ1) is 16.5. The first-order valence-electron chi connectivity index (χ1n) is 8.78. The van der Waals surface area contributed by atoms with E-state index >= 15 is 0 Å². The summed E-state index contributed by atoms with van der Waals surface area (Å²) in [5, 5.41) is 0. The van der Waals surface area contributed by atoms with E-state index in [0.29, 0.717) is 11.7 Å². The lowest BCUT2D eigenvalue weighted by atomic mass is 9.85. The molecule has 2 heterocycles. The highest BCUT2D eigenvalue weighted by atomic mass is 16.6. The molecule has 2 fully saturated rings. The Morgan fingerprint density at radius 3 is 2.74 bits per heavy atom. The van der Waals surface area contributed by atoms with Crippen molar-refractivity contribution >= 4 is 5.97 Å². The minimum atomic E-state index is -0.228. The fourth-order valence-corrected chi connectivity index (χ4v) is 3.82. The molecular formula is C20H28O3. The molecule has 2 aliphatic heterocycles. The van der Waals surface area contributed by atoms with Crippen molar-refractivity contribution in [2.75, 3.05) is 0 Å². The molecule has 0 aromatic carbocycles. The summed E-state index contributed by atoms with van der Waals surface area (Å²) in [5.41, 5.74) is 3.31. The van der Waals surface area contributed by atoms with Gasteiger partial charge < -0.3 is 9.47 Å². The van der Waals surface area contributed by atoms with Crippen molar-refractivity contribution in [3.63, 3.8) is 0 Å². The Morgan fingerprint density at radius 1 is 1.22 bits per heavy atom. The highest BCUT2D eigenvalue weighted by Crippen LogP contribution is 2.47. The summed E-state index contributed by atoms with van der Waals surface area (Å²) in [7, 11) is 0. The lowest BCUT2D eigenvalue weighted by molar-refractivity contribution is -0.139. The summed E-state index contributed by atoms with van der Waals surface area (Å²) in [5.74, 6) is -0.131. The van der Waals surface area contributed by atoms with Gasteiger partial charge in [-0.1, -0.05) is 29.9 Å². The molecular weight excluding hydrogens is 288 g/mol. The van der Waals surface area contributed by atoms with Gasteiger partial charge in [-0.25, -0.2) is 4.79 Å². The Labute approximate surface area is 139 Å². The molecule has 3 rings (SSSR count). The Morgan fingerprint density at radius 2 is 1.96 bits per heavy atom. The van der Waals surface area contributed by atoms with Crippen molar-refractivity contribution in [2.45, 2.75) is 77.1 Å². The maximum absolute atomic E-state index is 11.9. The van der Waals surface area contributed by atoms with Gasteiger partial charge in [0.1, 0.15) is 6.10 Å². The van der Waals surface area contributed by atoms with Gasteiger partial charge >= 0.3 is 5.97 Å². The molecule has 3 heteroatoms. The van der Waals surface area contributed by atoms with E-state index in [2.05, 4.69) is 39.5 Å². The fourth-order valence-electron chi connectivity index (χ4n) is 3.82. The Bertz CT molecular complexity index is 571. The van der Waals surface area contributed by atoms with Crippen LogP contribution in [0.15, 0.2) is 35.5 Å². The first-order valence-corrected chi connectivity index (χ1v) is 8.78. The van der Waals surface area contributed by atoms with E-state index in [1.165, 1.54) is 11.1 Å². The van der Waals surface area contributed by atoms with Crippen LogP contribution in [0.25, 0.3) is 0 Å². The summed E-state index contributed by atoms with van der Waals surface area (Å²) in [6.45, 7) is 10.5. The third-order valence-corrected chi connectivity index (χ3v) is 5.61. The van der Waals surface area contributed by atoms with Gasteiger partial charge in [0, 0.05) is 17.9 Å². The molecule has 0 N–H and O–H groups in total. The SMILES string of the molecule is C=C1C(=O)O[C@H]2C[C@]3(C)O[C@H]3CC/C(C)=C/CC/C(C)=C/C[C@H]12. The number of allylic oxidation sites excluding steroid dienone is 4. The maximum atomic E-state index is 11.9. The minimum absolute atomic E-state index is 0.0892. The number of carbonyl (C=O) groups excluding carboxylic acids is 1. The van der Waals surface area contributed by atoms with E-state index in [1.807, 2.05) is 0 Å². The van der Waals surface area contributed by atoms with Gasteiger partial charge in [0.2, 0.25) is 0 Å². The summed E-state index contributed by atoms with van der Waals surface area (Å²) >= 11 is 0. The first-order chi connectivity index (χ1) is 10.9. The quantitative estimate of drug-likeness (QED) is 0.286. The molecule has 0 radical (unpaired) electrons. The average molecular weight is 316 g/mol. The molecule has 2 saturated heterocycles. The Hall–Kier alpha value is -1.35. The predicted octanol–water partition coefficient (Wildman–Crippen LogP) is 4.49. The van der Waals surface area contributed by atoms with Crippen LogP contribution in [0.5, 0.6) is 0 Å². The summed E-state index contributed by atoms with van der Waals surface area (Å²) in [6.07, 6.45) is 10.7. The average Bonchev–Trinajstić information content (AvgIpc) is 3.05. The molecule has 3 nitrogen and oxygen atoms in total. The molecule has 3 aliphatic rings. The van der Waals surface area contributed by atoms with E-state index in [9.17, 15) is 4.79 Å². The van der Waals surface area contributed by atoms with Crippen molar-refractivity contribution in [1.82, 2.24) is 0 Å². The van der Waals surface area contributed by atoms with Crippen molar-refractivity contribution in [2.24, 2.45) is 5.92 Å². The largest absolute Gasteiger partial charge is 0.458 e. The van der Waals surface area contributed by atoms with Crippen LogP contribution in [0.4, 0.5) is 0 Å². The van der Waals surface area contributed by atoms with Crippen molar-refractivity contribution in [3.05, 3.63) is 35.5 Å². The summed E-state index contributed by atoms with van der Waals surface area (Å²) in [4.78, 5) is 11.9. The molecule has 0 amide bonds. The van der Waals surface area contributed by atoms with Gasteiger partial charge in [0.15, 0.2) is 0 Å². The number of ether oxygens (including phenoxy) is 2. The monoisotopic (exact) mass is 316 g/mol. The molecule has 4 atom stereocenters. The lowest BCUT2D eigenvalue weighted by Gasteiger charge is -2.19. The second-order valence-electron chi connectivity index (χ2n) is 7.61. The zero-order valence-electron chi connectivity index (χ0n) is 14.6. The number of esters is 1. The summed E-state index contributed by atoms with van der Waals surface area (Å²) < 4.78 is 11.6. The summed E-state index contributed by atoms with van der Waals surface area (Å²) in [6, 6.07) is 0. The third-order valence-electron chi connectivity index (χ3n) is 5.61. The van der Waals surface area contributed by atoms with Gasteiger partial charge in [0.25, 0.3) is 0 Å². The van der Waals surface area contributed by atoms with Gasteiger partial charge in [0.05, 0.1) is 11.7 Å².